The van der Waals surface area contributed by atoms with Crippen LogP contribution in [-0.4, -0.2) is 20.2 Å². The normalized spacial score (nSPS) is 11.3. The van der Waals surface area contributed by atoms with Crippen LogP contribution in [0.1, 0.15) is 10.5 Å². The molecule has 0 radical (unpaired) electrons. The summed E-state index contributed by atoms with van der Waals surface area (Å²) >= 11 is 0. The number of anilines is 1. The van der Waals surface area contributed by atoms with Gasteiger partial charge in [-0.25, -0.2) is 4.98 Å². The maximum Gasteiger partial charge on any atom is 0.206 e. The predicted molar refractivity (Wildman–Crippen MR) is 119 cm³/mol. The van der Waals surface area contributed by atoms with Gasteiger partial charge in [0, 0.05) is 29.4 Å². The van der Waals surface area contributed by atoms with E-state index in [0.717, 1.165) is 27.8 Å². The van der Waals surface area contributed by atoms with Crippen LogP contribution in [0, 0.1) is 0 Å². The highest BCUT2D eigenvalue weighted by Crippen LogP contribution is 2.25. The number of hydrogen-bond acceptors (Lipinski definition) is 4. The van der Waals surface area contributed by atoms with E-state index >= 15 is 0 Å². The number of nitrogens with zero attached hydrogens (tertiary/aromatic N) is 3. The standard InChI is InChI=1S/C25H18N4O/c30-22(13-14-26-20-16-19-10-4-5-11-21(19)27-17-20)25-24(18-8-2-1-3-9-18)28-23-12-6-7-15-29(23)25/h1-17,26H/b14-13-. The third-order valence-corrected chi connectivity index (χ3v) is 4.89. The summed E-state index contributed by atoms with van der Waals surface area (Å²) in [6, 6.07) is 25.4. The number of benzene rings is 2. The zero-order chi connectivity index (χ0) is 20.3. The minimum atomic E-state index is -0.131. The summed E-state index contributed by atoms with van der Waals surface area (Å²) in [5.41, 5.74) is 4.60. The van der Waals surface area contributed by atoms with Crippen LogP contribution < -0.4 is 5.32 Å². The number of fused-ring (bicyclic) bond motifs is 2. The van der Waals surface area contributed by atoms with E-state index in [2.05, 4.69) is 15.3 Å². The molecule has 0 fully saturated rings. The lowest BCUT2D eigenvalue weighted by atomic mass is 10.1. The summed E-state index contributed by atoms with van der Waals surface area (Å²) < 4.78 is 1.83. The highest BCUT2D eigenvalue weighted by molar-refractivity contribution is 6.08. The summed E-state index contributed by atoms with van der Waals surface area (Å²) in [5.74, 6) is -0.131. The van der Waals surface area contributed by atoms with Crippen LogP contribution >= 0.6 is 0 Å². The van der Waals surface area contributed by atoms with Crippen LogP contribution in [-0.2, 0) is 0 Å². The Morgan fingerprint density at radius 3 is 2.63 bits per heavy atom. The second-order valence-electron chi connectivity index (χ2n) is 6.86. The molecular formula is C25H18N4O. The number of hydrogen-bond donors (Lipinski definition) is 1. The number of imidazole rings is 1. The van der Waals surface area contributed by atoms with Gasteiger partial charge in [-0.15, -0.1) is 0 Å². The summed E-state index contributed by atoms with van der Waals surface area (Å²) in [7, 11) is 0. The maximum atomic E-state index is 13.1. The van der Waals surface area contributed by atoms with Crippen molar-refractivity contribution in [3.8, 4) is 11.3 Å². The van der Waals surface area contributed by atoms with Gasteiger partial charge in [0.2, 0.25) is 5.78 Å². The largest absolute Gasteiger partial charge is 0.360 e. The van der Waals surface area contributed by atoms with E-state index in [1.165, 1.54) is 6.08 Å². The first-order valence-electron chi connectivity index (χ1n) is 9.64. The Hall–Kier alpha value is -4.25. The molecule has 5 heteroatoms. The molecule has 0 unspecified atom stereocenters. The Labute approximate surface area is 173 Å². The fourth-order valence-electron chi connectivity index (χ4n) is 3.47. The fraction of sp³-hybridized carbons (Fsp3) is 0. The lowest BCUT2D eigenvalue weighted by Crippen LogP contribution is -2.03. The van der Waals surface area contributed by atoms with Gasteiger partial charge < -0.3 is 5.32 Å². The van der Waals surface area contributed by atoms with Crippen molar-refractivity contribution in [2.75, 3.05) is 5.32 Å². The zero-order valence-electron chi connectivity index (χ0n) is 16.1. The number of nitrogens with one attached hydrogen (secondary N) is 1. The van der Waals surface area contributed by atoms with Crippen LogP contribution in [0.15, 0.2) is 104 Å². The quantitative estimate of drug-likeness (QED) is 0.324. The molecule has 0 spiro atoms. The highest BCUT2D eigenvalue weighted by Gasteiger charge is 2.18. The van der Waals surface area contributed by atoms with Crippen molar-refractivity contribution in [3.05, 3.63) is 109 Å². The third-order valence-electron chi connectivity index (χ3n) is 4.89. The average Bonchev–Trinajstić information content (AvgIpc) is 3.19. The van der Waals surface area contributed by atoms with E-state index in [4.69, 9.17) is 0 Å². The molecule has 0 atom stereocenters. The molecule has 0 aliphatic carbocycles. The van der Waals surface area contributed by atoms with Gasteiger partial charge in [0.25, 0.3) is 0 Å². The molecule has 5 nitrogen and oxygen atoms in total. The Balaban J connectivity index is 1.46. The minimum Gasteiger partial charge on any atom is -0.360 e. The van der Waals surface area contributed by atoms with Crippen molar-refractivity contribution in [1.82, 2.24) is 14.4 Å². The lowest BCUT2D eigenvalue weighted by molar-refractivity contribution is 0.104. The second-order valence-corrected chi connectivity index (χ2v) is 6.86. The van der Waals surface area contributed by atoms with Gasteiger partial charge in [-0.05, 0) is 24.3 Å². The molecule has 3 heterocycles. The van der Waals surface area contributed by atoms with Crippen molar-refractivity contribution in [3.63, 3.8) is 0 Å². The second kappa shape index (κ2) is 7.64. The first-order valence-corrected chi connectivity index (χ1v) is 9.64. The van der Waals surface area contributed by atoms with E-state index < -0.39 is 0 Å². The molecule has 2 aromatic carbocycles. The Morgan fingerprint density at radius 1 is 0.933 bits per heavy atom. The number of aromatic nitrogens is 3. The predicted octanol–water partition coefficient (Wildman–Crippen LogP) is 5.36. The molecule has 0 bridgehead atoms. The summed E-state index contributed by atoms with van der Waals surface area (Å²) in [5, 5.41) is 4.18. The molecule has 0 saturated carbocycles. The van der Waals surface area contributed by atoms with E-state index in [-0.39, 0.29) is 5.78 Å². The summed E-state index contributed by atoms with van der Waals surface area (Å²) in [4.78, 5) is 22.2. The third kappa shape index (κ3) is 3.33. The van der Waals surface area contributed by atoms with Gasteiger partial charge in [-0.3, -0.25) is 14.2 Å². The molecule has 0 aliphatic rings. The number of rotatable bonds is 5. The van der Waals surface area contributed by atoms with Gasteiger partial charge in [-0.1, -0.05) is 54.6 Å². The van der Waals surface area contributed by atoms with Gasteiger partial charge in [-0.2, -0.15) is 0 Å². The average molecular weight is 390 g/mol. The van der Waals surface area contributed by atoms with Gasteiger partial charge >= 0.3 is 0 Å². The van der Waals surface area contributed by atoms with Crippen LogP contribution in [0.4, 0.5) is 5.69 Å². The number of para-hydroxylation sites is 1. The van der Waals surface area contributed by atoms with Crippen molar-refractivity contribution >= 4 is 28.0 Å². The molecule has 0 amide bonds. The van der Waals surface area contributed by atoms with Crippen molar-refractivity contribution < 1.29 is 4.79 Å². The van der Waals surface area contributed by atoms with Crippen LogP contribution in [0.5, 0.6) is 0 Å². The highest BCUT2D eigenvalue weighted by atomic mass is 16.1. The van der Waals surface area contributed by atoms with Gasteiger partial charge in [0.15, 0.2) is 0 Å². The smallest absolute Gasteiger partial charge is 0.206 e. The Bertz CT molecular complexity index is 1390. The van der Waals surface area contributed by atoms with Crippen molar-refractivity contribution in [2.24, 2.45) is 0 Å². The SMILES string of the molecule is O=C(/C=C\Nc1cnc2ccccc2c1)c1c(-c2ccccc2)nc2ccccn12. The van der Waals surface area contributed by atoms with E-state index in [1.807, 2.05) is 89.5 Å². The molecule has 0 saturated heterocycles. The monoisotopic (exact) mass is 390 g/mol. The molecule has 5 rings (SSSR count). The molecular weight excluding hydrogens is 372 g/mol. The van der Waals surface area contributed by atoms with E-state index in [9.17, 15) is 4.79 Å². The number of carbonyl (C=O) groups is 1. The van der Waals surface area contributed by atoms with E-state index in [0.29, 0.717) is 11.4 Å². The number of pyridine rings is 2. The van der Waals surface area contributed by atoms with Crippen LogP contribution in [0.3, 0.4) is 0 Å². The Kier molecular flexibility index (Phi) is 4.54. The fourth-order valence-corrected chi connectivity index (χ4v) is 3.47. The molecule has 3 aromatic heterocycles. The zero-order valence-corrected chi connectivity index (χ0v) is 16.1. The topological polar surface area (TPSA) is 59.3 Å². The minimum absolute atomic E-state index is 0.131. The molecule has 0 aliphatic heterocycles. The summed E-state index contributed by atoms with van der Waals surface area (Å²) in [6.45, 7) is 0. The molecule has 1 N–H and O–H groups in total. The Morgan fingerprint density at radius 2 is 1.73 bits per heavy atom. The molecule has 5 aromatic rings. The lowest BCUT2D eigenvalue weighted by Gasteiger charge is -2.04. The maximum absolute atomic E-state index is 13.1. The van der Waals surface area contributed by atoms with Crippen molar-refractivity contribution in [2.45, 2.75) is 0 Å². The van der Waals surface area contributed by atoms with Gasteiger partial charge in [0.05, 0.1) is 17.4 Å². The van der Waals surface area contributed by atoms with Crippen LogP contribution in [0.2, 0.25) is 0 Å². The number of allylic oxidation sites excluding steroid dienone is 1. The van der Waals surface area contributed by atoms with Gasteiger partial charge in [0.1, 0.15) is 17.0 Å². The number of carbonyl (C=O) groups excluding carboxylic acids is 1. The molecule has 30 heavy (non-hydrogen) atoms. The summed E-state index contributed by atoms with van der Waals surface area (Å²) in [6.07, 6.45) is 6.78. The number of ketones is 1. The molecule has 144 valence electrons. The first kappa shape index (κ1) is 17.8. The first-order chi connectivity index (χ1) is 14.8. The van der Waals surface area contributed by atoms with E-state index in [1.54, 1.807) is 12.4 Å². The van der Waals surface area contributed by atoms with Crippen molar-refractivity contribution in [1.29, 1.82) is 0 Å². The van der Waals surface area contributed by atoms with Crippen LogP contribution in [0.25, 0.3) is 27.8 Å².